The normalized spacial score (nSPS) is 28.6. The van der Waals surface area contributed by atoms with Crippen molar-refractivity contribution in [2.24, 2.45) is 10.8 Å². The molecular formula is C31H68O12S4Si4. The van der Waals surface area contributed by atoms with Gasteiger partial charge in [0.2, 0.25) is 0 Å². The lowest BCUT2D eigenvalue weighted by atomic mass is 9.93. The molecule has 5 heterocycles. The number of aliphatic hydroxyl groups is 4. The second kappa shape index (κ2) is 25.2. The van der Waals surface area contributed by atoms with E-state index in [1.807, 2.05) is 61.3 Å². The molecule has 5 fully saturated rings. The Hall–Kier alpha value is 1.79. The Bertz CT molecular complexity index is 827. The molecule has 5 aliphatic rings. The summed E-state index contributed by atoms with van der Waals surface area (Å²) in [6, 6.07) is 4.55. The first-order valence-electron chi connectivity index (χ1n) is 18.6. The summed E-state index contributed by atoms with van der Waals surface area (Å²) < 4.78 is 47.5. The molecule has 0 aromatic rings. The van der Waals surface area contributed by atoms with Crippen molar-refractivity contribution in [3.05, 3.63) is 0 Å². The van der Waals surface area contributed by atoms with E-state index in [0.717, 1.165) is 83.2 Å². The maximum Gasteiger partial charge on any atom is 0.406 e. The first kappa shape index (κ1) is 48.9. The van der Waals surface area contributed by atoms with Crippen LogP contribution in [0.25, 0.3) is 0 Å². The Morgan fingerprint density at radius 3 is 1.35 bits per heavy atom. The van der Waals surface area contributed by atoms with E-state index in [-0.39, 0.29) is 5.41 Å². The van der Waals surface area contributed by atoms with Crippen molar-refractivity contribution in [3.8, 4) is 0 Å². The van der Waals surface area contributed by atoms with E-state index in [9.17, 15) is 0 Å². The minimum atomic E-state index is -1.86. The lowest BCUT2D eigenvalue weighted by Crippen LogP contribution is -2.59. The molecule has 51 heavy (non-hydrogen) atoms. The number of aliphatic hydroxyl groups excluding tert-OH is 4. The van der Waals surface area contributed by atoms with Gasteiger partial charge in [-0.05, 0) is 89.0 Å². The van der Waals surface area contributed by atoms with Crippen molar-refractivity contribution >= 4 is 78.0 Å². The third-order valence-corrected chi connectivity index (χ3v) is 31.6. The predicted molar refractivity (Wildman–Crippen MR) is 221 cm³/mol. The van der Waals surface area contributed by atoms with E-state index in [0.29, 0.717) is 0 Å². The summed E-state index contributed by atoms with van der Waals surface area (Å²) in [6.07, 6.45) is 4.87. The van der Waals surface area contributed by atoms with Gasteiger partial charge in [0.15, 0.2) is 0 Å². The largest absolute Gasteiger partial charge is 0.406 e. The number of hydrogen-bond acceptors (Lipinski definition) is 16. The van der Waals surface area contributed by atoms with Crippen LogP contribution in [0.15, 0.2) is 0 Å². The summed E-state index contributed by atoms with van der Waals surface area (Å²) in [7, 11) is -7.25. The summed E-state index contributed by atoms with van der Waals surface area (Å²) in [5.41, 5.74) is -1.14. The molecule has 0 unspecified atom stereocenters. The second-order valence-corrected chi connectivity index (χ2v) is 34.8. The standard InChI is InChI=1S/C11H20O4S2Si2.C8H20O2SSi.C7H16O2SSi.C5H12O4/c1-3-16-18(5-1)12-7-11(8-13-18)9-14-19(15-10-11)6-2-4-17-19;1-4-9-12(3,10-5-2)8-6-7-11;1-3-8-11(9-4-2)7-5-6-10-11;6-1-5(2-7,3-8)4-9/h1-10H2;11H,4-8H2,1-3H3;3-7H2,1-2H3;6-9H,1-4H2. The van der Waals surface area contributed by atoms with E-state index in [1.54, 1.807) is 0 Å². The van der Waals surface area contributed by atoms with Gasteiger partial charge in [-0.1, -0.05) is 0 Å². The molecule has 0 aliphatic carbocycles. The van der Waals surface area contributed by atoms with E-state index in [2.05, 4.69) is 19.2 Å². The van der Waals surface area contributed by atoms with Gasteiger partial charge in [-0.3, -0.25) is 0 Å². The molecule has 304 valence electrons. The van der Waals surface area contributed by atoms with Crippen LogP contribution in [0.2, 0.25) is 30.7 Å². The van der Waals surface area contributed by atoms with Gasteiger partial charge in [-0.2, -0.15) is 12.6 Å². The Balaban J connectivity index is 0.000000249. The molecular weight excluding hydrogens is 805 g/mol. The Morgan fingerprint density at radius 2 is 1.08 bits per heavy atom. The van der Waals surface area contributed by atoms with Crippen LogP contribution in [-0.2, 0) is 35.4 Å². The molecule has 0 bridgehead atoms. The van der Waals surface area contributed by atoms with Gasteiger partial charge in [0.05, 0.1) is 37.3 Å². The number of thiol groups is 1. The monoisotopic (exact) mass is 872 g/mol. The van der Waals surface area contributed by atoms with Gasteiger partial charge in [-0.15, -0.1) is 33.6 Å². The summed E-state index contributed by atoms with van der Waals surface area (Å²) >= 11 is 10.0. The second-order valence-electron chi connectivity index (χ2n) is 13.4. The highest BCUT2D eigenvalue weighted by atomic mass is 32.4. The van der Waals surface area contributed by atoms with Crippen LogP contribution < -0.4 is 0 Å². The van der Waals surface area contributed by atoms with Crippen molar-refractivity contribution in [2.45, 2.75) is 84.1 Å². The highest BCUT2D eigenvalue weighted by molar-refractivity contribution is 8.28. The molecule has 5 saturated heterocycles. The van der Waals surface area contributed by atoms with Gasteiger partial charge < -0.3 is 55.8 Å². The maximum atomic E-state index is 8.50. The first-order chi connectivity index (χ1) is 24.5. The zero-order valence-electron chi connectivity index (χ0n) is 31.7. The first-order valence-corrected chi connectivity index (χ1v) is 32.9. The molecule has 0 saturated carbocycles. The van der Waals surface area contributed by atoms with Gasteiger partial charge in [0, 0.05) is 71.0 Å². The van der Waals surface area contributed by atoms with Gasteiger partial charge in [-0.25, -0.2) is 0 Å². The predicted octanol–water partition coefficient (Wildman–Crippen LogP) is 4.75. The van der Waals surface area contributed by atoms with Gasteiger partial charge >= 0.3 is 31.7 Å². The van der Waals surface area contributed by atoms with Crippen LogP contribution in [0.1, 0.15) is 53.4 Å². The highest BCUT2D eigenvalue weighted by Crippen LogP contribution is 2.46. The lowest BCUT2D eigenvalue weighted by Gasteiger charge is -2.47. The van der Waals surface area contributed by atoms with E-state index < -0.39 is 63.5 Å². The van der Waals surface area contributed by atoms with E-state index in [4.69, 9.17) is 55.8 Å². The molecule has 5 rings (SSSR count). The third kappa shape index (κ3) is 15.9. The fraction of sp³-hybridized carbons (Fsp3) is 1.00. The molecule has 0 amide bonds. The third-order valence-electron chi connectivity index (χ3n) is 9.00. The van der Waals surface area contributed by atoms with Crippen LogP contribution in [0.5, 0.6) is 0 Å². The Kier molecular flexibility index (Phi) is 24.2. The molecule has 5 aliphatic heterocycles. The van der Waals surface area contributed by atoms with Crippen LogP contribution in [-0.4, -0.2) is 154 Å². The van der Waals surface area contributed by atoms with Crippen LogP contribution >= 0.6 is 46.3 Å². The smallest absolute Gasteiger partial charge is 0.396 e. The van der Waals surface area contributed by atoms with E-state index in [1.165, 1.54) is 42.6 Å². The molecule has 0 aromatic heterocycles. The summed E-state index contributed by atoms with van der Waals surface area (Å²) in [6.45, 7) is 14.9. The quantitative estimate of drug-likeness (QED) is 0.114. The average Bonchev–Trinajstić information content (AvgIpc) is 3.93. The summed E-state index contributed by atoms with van der Waals surface area (Å²) in [5.74, 6) is 4.56. The highest BCUT2D eigenvalue weighted by Gasteiger charge is 2.56. The topological polar surface area (TPSA) is 155 Å². The molecule has 3 spiro atoms. The molecule has 12 nitrogen and oxygen atoms in total. The fourth-order valence-electron chi connectivity index (χ4n) is 5.81. The van der Waals surface area contributed by atoms with Crippen LogP contribution in [0, 0.1) is 10.8 Å². The zero-order chi connectivity index (χ0) is 37.7. The van der Waals surface area contributed by atoms with Crippen molar-refractivity contribution in [1.29, 1.82) is 0 Å². The summed E-state index contributed by atoms with van der Waals surface area (Å²) in [4.78, 5) is 0. The van der Waals surface area contributed by atoms with Crippen molar-refractivity contribution in [3.63, 3.8) is 0 Å². The molecule has 20 heteroatoms. The minimum Gasteiger partial charge on any atom is -0.396 e. The Morgan fingerprint density at radius 1 is 0.667 bits per heavy atom. The fourth-order valence-corrected chi connectivity index (χ4v) is 27.7. The van der Waals surface area contributed by atoms with Crippen LogP contribution in [0.3, 0.4) is 0 Å². The minimum absolute atomic E-state index is 0.0250. The number of hydrogen-bond donors (Lipinski definition) is 5. The maximum absolute atomic E-state index is 8.50. The average molecular weight is 873 g/mol. The zero-order valence-corrected chi connectivity index (χ0v) is 39.0. The number of rotatable bonds is 15. The van der Waals surface area contributed by atoms with Crippen molar-refractivity contribution in [1.82, 2.24) is 0 Å². The molecule has 4 N–H and O–H groups in total. The van der Waals surface area contributed by atoms with Crippen molar-refractivity contribution in [2.75, 3.05) is 102 Å². The van der Waals surface area contributed by atoms with Gasteiger partial charge in [0.1, 0.15) is 0 Å². The Labute approximate surface area is 329 Å². The molecule has 0 atom stereocenters. The molecule has 0 radical (unpaired) electrons. The van der Waals surface area contributed by atoms with Crippen molar-refractivity contribution < 1.29 is 55.8 Å². The van der Waals surface area contributed by atoms with E-state index >= 15 is 0 Å². The molecule has 0 aromatic carbocycles. The van der Waals surface area contributed by atoms with Gasteiger partial charge in [0.25, 0.3) is 0 Å². The lowest BCUT2D eigenvalue weighted by molar-refractivity contribution is -0.0876. The van der Waals surface area contributed by atoms with Crippen LogP contribution in [0.4, 0.5) is 0 Å². The summed E-state index contributed by atoms with van der Waals surface area (Å²) in [5, 5.41) is 34.0. The SMILES string of the molecule is C1CS[Si]2(C1)OCC1(CO2)CO[Si]2(CCCS2)OC1.CCO[Si](C)(CCCS)OCC.CCO[Si]1(OCC)CCCS1.OCC(CO)(CO)CO.